The summed E-state index contributed by atoms with van der Waals surface area (Å²) in [6.07, 6.45) is -0.505. The average molecular weight is 402 g/mol. The Morgan fingerprint density at radius 2 is 1.79 bits per heavy atom. The Morgan fingerprint density at radius 1 is 0.966 bits per heavy atom. The summed E-state index contributed by atoms with van der Waals surface area (Å²) in [6, 6.07) is 21.9. The van der Waals surface area contributed by atoms with Gasteiger partial charge < -0.3 is 14.5 Å². The molecule has 5 rings (SSSR count). The number of ether oxygens (including phenoxy) is 1. The number of benzene rings is 2. The van der Waals surface area contributed by atoms with E-state index in [1.54, 1.807) is 0 Å². The van der Waals surface area contributed by atoms with Crippen molar-refractivity contribution in [1.82, 2.24) is 15.2 Å². The Kier molecular flexibility index (Phi) is 4.65. The number of nitrogens with zero attached hydrogens (tertiary/aromatic N) is 3. The number of aromatic nitrogens is 3. The summed E-state index contributed by atoms with van der Waals surface area (Å²) in [5.74, 6) is 2.70. The highest BCUT2D eigenvalue weighted by Crippen LogP contribution is 2.39. The maximum absolute atomic E-state index is 6.20. The largest absolute Gasteiger partial charge is 0.460 e. The summed E-state index contributed by atoms with van der Waals surface area (Å²) in [5, 5.41) is 12.7. The predicted octanol–water partition coefficient (Wildman–Crippen LogP) is 5.24. The number of furan rings is 1. The molecule has 0 amide bonds. The molecule has 0 bridgehead atoms. The minimum absolute atomic E-state index is 0.437. The average Bonchev–Trinajstić information content (AvgIpc) is 3.12. The summed E-state index contributed by atoms with van der Waals surface area (Å²) < 4.78 is 12.0. The molecule has 1 aliphatic rings. The first-order valence-electron chi connectivity index (χ1n) is 9.26. The third kappa shape index (κ3) is 3.69. The second kappa shape index (κ2) is 7.60. The van der Waals surface area contributed by atoms with Crippen molar-refractivity contribution in [3.8, 4) is 17.1 Å². The molecular weight excluding hydrogens is 384 g/mol. The van der Waals surface area contributed by atoms with Crippen molar-refractivity contribution >= 4 is 17.4 Å². The van der Waals surface area contributed by atoms with Gasteiger partial charge in [0.1, 0.15) is 5.76 Å². The van der Waals surface area contributed by atoms with E-state index in [4.69, 9.17) is 9.15 Å². The molecule has 6 nitrogen and oxygen atoms in total. The number of hydrogen-bond donors (Lipinski definition) is 1. The fourth-order valence-electron chi connectivity index (χ4n) is 3.15. The minimum atomic E-state index is -0.505. The number of anilines is 1. The van der Waals surface area contributed by atoms with Crippen LogP contribution in [-0.4, -0.2) is 15.2 Å². The predicted molar refractivity (Wildman–Crippen MR) is 112 cm³/mol. The van der Waals surface area contributed by atoms with Gasteiger partial charge in [-0.25, -0.2) is 0 Å². The molecule has 0 saturated heterocycles. The Labute approximate surface area is 172 Å². The molecule has 1 N–H and O–H groups in total. The Balaban J connectivity index is 1.50. The second-order valence-corrected chi connectivity index (χ2v) is 7.60. The molecule has 0 aliphatic carbocycles. The van der Waals surface area contributed by atoms with Crippen LogP contribution in [0.4, 0.5) is 5.69 Å². The first-order chi connectivity index (χ1) is 14.3. The third-order valence-electron chi connectivity index (χ3n) is 4.56. The Bertz CT molecular complexity index is 1150. The highest BCUT2D eigenvalue weighted by atomic mass is 32.2. The van der Waals surface area contributed by atoms with E-state index in [1.807, 2.05) is 61.5 Å². The maximum atomic E-state index is 6.20. The van der Waals surface area contributed by atoms with Gasteiger partial charge >= 0.3 is 0 Å². The van der Waals surface area contributed by atoms with Gasteiger partial charge in [0, 0.05) is 17.0 Å². The molecular formula is C22H18N4O2S. The van der Waals surface area contributed by atoms with Crippen LogP contribution in [0.5, 0.6) is 5.88 Å². The fraction of sp³-hybridized carbons (Fsp3) is 0.136. The molecule has 0 saturated carbocycles. The molecule has 2 aromatic heterocycles. The van der Waals surface area contributed by atoms with Gasteiger partial charge in [0.15, 0.2) is 11.5 Å². The number of hydrogen-bond acceptors (Lipinski definition) is 7. The molecule has 1 aliphatic heterocycles. The number of rotatable bonds is 4. The van der Waals surface area contributed by atoms with Crippen LogP contribution in [0.2, 0.25) is 0 Å². The van der Waals surface area contributed by atoms with E-state index < -0.39 is 6.23 Å². The van der Waals surface area contributed by atoms with Crippen molar-refractivity contribution in [3.05, 3.63) is 83.8 Å². The van der Waals surface area contributed by atoms with Gasteiger partial charge in [0.2, 0.25) is 17.3 Å². The van der Waals surface area contributed by atoms with Gasteiger partial charge in [-0.05, 0) is 30.7 Å². The normalized spacial score (nSPS) is 14.9. The van der Waals surface area contributed by atoms with E-state index in [0.29, 0.717) is 22.5 Å². The van der Waals surface area contributed by atoms with E-state index >= 15 is 0 Å². The first-order valence-corrected chi connectivity index (χ1v) is 10.3. The van der Waals surface area contributed by atoms with Crippen LogP contribution in [0.25, 0.3) is 11.3 Å². The van der Waals surface area contributed by atoms with Gasteiger partial charge in [0.25, 0.3) is 0 Å². The standard InChI is InChI=1S/C22H18N4O2S/c1-14-11-12-18(27-14)20-23-17-10-6-5-9-16(17)19-21(28-20)24-22(26-25-19)29-13-15-7-3-2-4-8-15/h2-12,20,23H,13H2,1H3/t20-/m0/s1. The number of para-hydroxylation sites is 1. The zero-order valence-electron chi connectivity index (χ0n) is 15.7. The fourth-order valence-corrected chi connectivity index (χ4v) is 3.89. The second-order valence-electron chi connectivity index (χ2n) is 6.66. The van der Waals surface area contributed by atoms with Crippen molar-refractivity contribution < 1.29 is 9.15 Å². The number of nitrogens with one attached hydrogen (secondary N) is 1. The molecule has 3 heterocycles. The minimum Gasteiger partial charge on any atom is -0.460 e. The van der Waals surface area contributed by atoms with Gasteiger partial charge in [-0.2, -0.15) is 4.98 Å². The van der Waals surface area contributed by atoms with Crippen molar-refractivity contribution in [2.75, 3.05) is 5.32 Å². The van der Waals surface area contributed by atoms with E-state index in [0.717, 1.165) is 22.8 Å². The van der Waals surface area contributed by atoms with Crippen molar-refractivity contribution in [2.24, 2.45) is 0 Å². The summed E-state index contributed by atoms with van der Waals surface area (Å²) in [5.41, 5.74) is 3.61. The van der Waals surface area contributed by atoms with E-state index in [1.165, 1.54) is 17.3 Å². The van der Waals surface area contributed by atoms with Gasteiger partial charge in [-0.15, -0.1) is 10.2 Å². The summed E-state index contributed by atoms with van der Waals surface area (Å²) in [7, 11) is 0. The molecule has 0 unspecified atom stereocenters. The lowest BCUT2D eigenvalue weighted by Crippen LogP contribution is -2.16. The van der Waals surface area contributed by atoms with Crippen LogP contribution < -0.4 is 10.1 Å². The van der Waals surface area contributed by atoms with E-state index in [9.17, 15) is 0 Å². The SMILES string of the molecule is Cc1ccc([C@H]2Nc3ccccc3-c3nnc(SCc4ccccc4)nc3O2)o1. The van der Waals surface area contributed by atoms with Gasteiger partial charge in [-0.3, -0.25) is 0 Å². The maximum Gasteiger partial charge on any atom is 0.247 e. The van der Waals surface area contributed by atoms with Crippen LogP contribution in [0, 0.1) is 6.92 Å². The molecule has 0 spiro atoms. The van der Waals surface area contributed by atoms with Crippen LogP contribution in [0.3, 0.4) is 0 Å². The summed E-state index contributed by atoms with van der Waals surface area (Å²) in [4.78, 5) is 4.66. The molecule has 2 aromatic carbocycles. The van der Waals surface area contributed by atoms with Gasteiger partial charge in [-0.1, -0.05) is 60.3 Å². The molecule has 7 heteroatoms. The van der Waals surface area contributed by atoms with Crippen molar-refractivity contribution in [2.45, 2.75) is 24.1 Å². The lowest BCUT2D eigenvalue weighted by atomic mass is 10.1. The Morgan fingerprint density at radius 3 is 2.62 bits per heavy atom. The first kappa shape index (κ1) is 17.8. The van der Waals surface area contributed by atoms with E-state index in [2.05, 4.69) is 32.6 Å². The molecule has 144 valence electrons. The van der Waals surface area contributed by atoms with Crippen LogP contribution >= 0.6 is 11.8 Å². The number of thioether (sulfide) groups is 1. The Hall–Kier alpha value is -3.32. The topological polar surface area (TPSA) is 73.1 Å². The molecule has 0 fully saturated rings. The highest BCUT2D eigenvalue weighted by molar-refractivity contribution is 7.98. The smallest absolute Gasteiger partial charge is 0.247 e. The zero-order valence-corrected chi connectivity index (χ0v) is 16.5. The lowest BCUT2D eigenvalue weighted by molar-refractivity contribution is 0.194. The number of aryl methyl sites for hydroxylation is 1. The quantitative estimate of drug-likeness (QED) is 0.468. The molecule has 0 radical (unpaired) electrons. The number of fused-ring (bicyclic) bond motifs is 3. The van der Waals surface area contributed by atoms with Crippen LogP contribution in [0.1, 0.15) is 23.3 Å². The van der Waals surface area contributed by atoms with Gasteiger partial charge in [0.05, 0.1) is 0 Å². The summed E-state index contributed by atoms with van der Waals surface area (Å²) >= 11 is 1.53. The monoisotopic (exact) mass is 402 g/mol. The van der Waals surface area contributed by atoms with Crippen molar-refractivity contribution in [1.29, 1.82) is 0 Å². The van der Waals surface area contributed by atoms with Crippen LogP contribution in [-0.2, 0) is 5.75 Å². The highest BCUT2D eigenvalue weighted by Gasteiger charge is 2.27. The van der Waals surface area contributed by atoms with Crippen LogP contribution in [0.15, 0.2) is 76.3 Å². The zero-order chi connectivity index (χ0) is 19.6. The lowest BCUT2D eigenvalue weighted by Gasteiger charge is -2.16. The molecule has 1 atom stereocenters. The third-order valence-corrected chi connectivity index (χ3v) is 5.47. The van der Waals surface area contributed by atoms with E-state index in [-0.39, 0.29) is 0 Å². The molecule has 29 heavy (non-hydrogen) atoms. The van der Waals surface area contributed by atoms with Crippen molar-refractivity contribution in [3.63, 3.8) is 0 Å². The molecule has 4 aromatic rings. The summed E-state index contributed by atoms with van der Waals surface area (Å²) in [6.45, 7) is 1.91.